The Bertz CT molecular complexity index is 620. The van der Waals surface area contributed by atoms with Gasteiger partial charge in [-0.1, -0.05) is 25.4 Å². The molecule has 1 aromatic rings. The molecule has 9 nitrogen and oxygen atoms in total. The van der Waals surface area contributed by atoms with Gasteiger partial charge in [0.2, 0.25) is 6.41 Å². The maximum atomic E-state index is 12.3. The number of nitrogens with zero attached hydrogens (tertiary/aromatic N) is 1. The third-order valence-electron chi connectivity index (χ3n) is 3.35. The highest BCUT2D eigenvalue weighted by Crippen LogP contribution is 2.28. The Hall–Kier alpha value is -2.52. The molecule has 0 saturated carbocycles. The molecule has 1 rings (SSSR count). The number of carbonyl (C=O) groups excluding carboxylic acids is 2. The zero-order chi connectivity index (χ0) is 20.8. The largest absolute Gasteiger partial charge is 0.481 e. The molecule has 2 amide bonds. The van der Waals surface area contributed by atoms with Crippen LogP contribution in [0.25, 0.3) is 0 Å². The van der Waals surface area contributed by atoms with Gasteiger partial charge in [-0.2, -0.15) is 0 Å². The second kappa shape index (κ2) is 13.7. The molecule has 0 atom stereocenters. The molecular formula is C17H27ClN4O5. The highest BCUT2D eigenvalue weighted by Gasteiger charge is 2.15. The fourth-order valence-corrected chi connectivity index (χ4v) is 2.15. The number of carbonyl (C=O) groups is 3. The van der Waals surface area contributed by atoms with Crippen molar-refractivity contribution in [3.8, 4) is 5.75 Å². The Morgan fingerprint density at radius 3 is 2.44 bits per heavy atom. The van der Waals surface area contributed by atoms with Crippen LogP contribution in [0.1, 0.15) is 31.1 Å². The first-order valence-electron chi connectivity index (χ1n) is 8.35. The number of halogens is 1. The van der Waals surface area contributed by atoms with Gasteiger partial charge < -0.3 is 31.1 Å². The Labute approximate surface area is 163 Å². The van der Waals surface area contributed by atoms with Crippen molar-refractivity contribution in [2.75, 3.05) is 38.6 Å². The second-order valence-electron chi connectivity index (χ2n) is 5.28. The summed E-state index contributed by atoms with van der Waals surface area (Å²) in [5.41, 5.74) is 6.30. The number of hydrogen-bond acceptors (Lipinski definition) is 6. The number of nitrogen functional groups attached to an aromatic ring is 1. The third-order valence-corrected chi connectivity index (χ3v) is 3.67. The summed E-state index contributed by atoms with van der Waals surface area (Å²) in [4.78, 5) is 33.8. The summed E-state index contributed by atoms with van der Waals surface area (Å²) in [7, 11) is 0. The molecular weight excluding hydrogens is 376 g/mol. The van der Waals surface area contributed by atoms with E-state index in [0.29, 0.717) is 18.6 Å². The molecule has 0 fully saturated rings. The summed E-state index contributed by atoms with van der Waals surface area (Å²) in [6.07, 6.45) is 0.503. The molecule has 0 heterocycles. The zero-order valence-electron chi connectivity index (χ0n) is 15.8. The van der Waals surface area contributed by atoms with Crippen LogP contribution in [0.3, 0.4) is 0 Å². The predicted octanol–water partition coefficient (Wildman–Crippen LogP) is 1.17. The van der Waals surface area contributed by atoms with Crippen LogP contribution in [0.2, 0.25) is 5.02 Å². The van der Waals surface area contributed by atoms with Crippen molar-refractivity contribution in [1.29, 1.82) is 0 Å². The number of anilines is 1. The van der Waals surface area contributed by atoms with Crippen molar-refractivity contribution in [1.82, 2.24) is 15.5 Å². The van der Waals surface area contributed by atoms with Gasteiger partial charge in [-0.15, -0.1) is 0 Å². The lowest BCUT2D eigenvalue weighted by Gasteiger charge is -2.18. The summed E-state index contributed by atoms with van der Waals surface area (Å²) in [6.45, 7) is 8.26. The van der Waals surface area contributed by atoms with Gasteiger partial charge in [-0.05, 0) is 19.2 Å². The number of ether oxygens (including phenoxy) is 1. The number of amides is 2. The van der Waals surface area contributed by atoms with Crippen molar-refractivity contribution in [2.24, 2.45) is 0 Å². The molecule has 27 heavy (non-hydrogen) atoms. The molecule has 0 aliphatic rings. The maximum absolute atomic E-state index is 12.3. The van der Waals surface area contributed by atoms with E-state index < -0.39 is 5.97 Å². The van der Waals surface area contributed by atoms with Crippen molar-refractivity contribution >= 4 is 35.6 Å². The lowest BCUT2D eigenvalue weighted by molar-refractivity contribution is -0.134. The molecule has 1 aromatic carbocycles. The number of carboxylic acid groups (broad SMARTS) is 1. The summed E-state index contributed by atoms with van der Waals surface area (Å²) in [5.74, 6) is -0.873. The molecule has 0 unspecified atom stereocenters. The van der Waals surface area contributed by atoms with Crippen LogP contribution in [0.5, 0.6) is 5.75 Å². The van der Waals surface area contributed by atoms with Crippen LogP contribution in [-0.4, -0.2) is 61.2 Å². The van der Waals surface area contributed by atoms with Gasteiger partial charge in [0.25, 0.3) is 11.9 Å². The Kier molecular flexibility index (Phi) is 12.4. The standard InChI is InChI=1S/C15H23ClN4O3.C2H4O2/c1-3-20(4-2)6-5-19-15(22)11-7-12(16)13(17)8-14(11)23-10-18-9-21;1-2(3)4/h7-9H,3-6,10,17H2,1-2H3,(H,18,21)(H,19,22);1H3,(H,3,4). The van der Waals surface area contributed by atoms with E-state index in [1.54, 1.807) is 0 Å². The topological polar surface area (TPSA) is 134 Å². The van der Waals surface area contributed by atoms with Crippen molar-refractivity contribution in [2.45, 2.75) is 20.8 Å². The van der Waals surface area contributed by atoms with Crippen LogP contribution in [-0.2, 0) is 9.59 Å². The van der Waals surface area contributed by atoms with E-state index in [9.17, 15) is 9.59 Å². The molecule has 0 radical (unpaired) electrons. The smallest absolute Gasteiger partial charge is 0.300 e. The lowest BCUT2D eigenvalue weighted by atomic mass is 10.1. The van der Waals surface area contributed by atoms with E-state index in [-0.39, 0.29) is 29.0 Å². The molecule has 10 heteroatoms. The molecule has 0 saturated heterocycles. The summed E-state index contributed by atoms with van der Waals surface area (Å²) < 4.78 is 5.35. The first kappa shape index (κ1) is 24.5. The molecule has 152 valence electrons. The zero-order valence-corrected chi connectivity index (χ0v) is 16.5. The van der Waals surface area contributed by atoms with Crippen LogP contribution >= 0.6 is 11.6 Å². The van der Waals surface area contributed by atoms with Crippen LogP contribution in [0.15, 0.2) is 12.1 Å². The summed E-state index contributed by atoms with van der Waals surface area (Å²) >= 11 is 5.98. The van der Waals surface area contributed by atoms with Crippen molar-refractivity contribution in [3.05, 3.63) is 22.7 Å². The quantitative estimate of drug-likeness (QED) is 0.200. The minimum absolute atomic E-state index is 0.0652. The monoisotopic (exact) mass is 402 g/mol. The third kappa shape index (κ3) is 10.3. The molecule has 0 aromatic heterocycles. The average molecular weight is 403 g/mol. The number of likely N-dealkylation sites (N-methyl/N-ethyl adjacent to an activating group) is 1. The van der Waals surface area contributed by atoms with Gasteiger partial charge in [0, 0.05) is 26.1 Å². The van der Waals surface area contributed by atoms with Crippen LogP contribution in [0.4, 0.5) is 5.69 Å². The summed E-state index contributed by atoms with van der Waals surface area (Å²) in [5, 5.41) is 12.9. The summed E-state index contributed by atoms with van der Waals surface area (Å²) in [6, 6.07) is 2.92. The minimum Gasteiger partial charge on any atom is -0.481 e. The number of rotatable bonds is 10. The molecule has 5 N–H and O–H groups in total. The fraction of sp³-hybridized carbons (Fsp3) is 0.471. The number of carboxylic acids is 1. The normalized spacial score (nSPS) is 9.81. The van der Waals surface area contributed by atoms with E-state index >= 15 is 0 Å². The SMILES string of the molecule is CC(=O)O.CCN(CC)CCNC(=O)c1cc(Cl)c(N)cc1OCNC=O. The first-order chi connectivity index (χ1) is 12.8. The average Bonchev–Trinajstić information content (AvgIpc) is 2.61. The molecule has 0 aliphatic heterocycles. The fourth-order valence-electron chi connectivity index (χ4n) is 1.98. The van der Waals surface area contributed by atoms with Gasteiger partial charge >= 0.3 is 0 Å². The van der Waals surface area contributed by atoms with Crippen molar-refractivity contribution in [3.63, 3.8) is 0 Å². The highest BCUT2D eigenvalue weighted by molar-refractivity contribution is 6.33. The highest BCUT2D eigenvalue weighted by atomic mass is 35.5. The van der Waals surface area contributed by atoms with E-state index in [2.05, 4.69) is 29.4 Å². The number of hydrogen-bond donors (Lipinski definition) is 4. The van der Waals surface area contributed by atoms with Crippen LogP contribution < -0.4 is 21.1 Å². The molecule has 0 spiro atoms. The van der Waals surface area contributed by atoms with E-state index in [0.717, 1.165) is 26.6 Å². The Balaban J connectivity index is 0.00000153. The minimum atomic E-state index is -0.833. The molecule has 0 bridgehead atoms. The second-order valence-corrected chi connectivity index (χ2v) is 5.69. The van der Waals surface area contributed by atoms with Gasteiger partial charge in [-0.3, -0.25) is 14.4 Å². The Morgan fingerprint density at radius 1 is 1.33 bits per heavy atom. The van der Waals surface area contributed by atoms with Crippen molar-refractivity contribution < 1.29 is 24.2 Å². The molecule has 0 aliphatic carbocycles. The predicted molar refractivity (Wildman–Crippen MR) is 104 cm³/mol. The number of nitrogens with one attached hydrogen (secondary N) is 2. The first-order valence-corrected chi connectivity index (χ1v) is 8.73. The van der Waals surface area contributed by atoms with E-state index in [1.807, 2.05) is 0 Å². The van der Waals surface area contributed by atoms with E-state index in [4.69, 9.17) is 32.0 Å². The van der Waals surface area contributed by atoms with E-state index in [1.165, 1.54) is 12.1 Å². The van der Waals surface area contributed by atoms with Crippen LogP contribution in [0, 0.1) is 0 Å². The Morgan fingerprint density at radius 2 is 1.93 bits per heavy atom. The number of benzene rings is 1. The van der Waals surface area contributed by atoms with Gasteiger partial charge in [0.15, 0.2) is 6.73 Å². The number of nitrogens with two attached hydrogens (primary N) is 1. The number of aliphatic carboxylic acids is 1. The lowest BCUT2D eigenvalue weighted by Crippen LogP contribution is -2.35. The van der Waals surface area contributed by atoms with Gasteiger partial charge in [-0.25, -0.2) is 0 Å². The van der Waals surface area contributed by atoms with Gasteiger partial charge in [0.1, 0.15) is 5.75 Å². The maximum Gasteiger partial charge on any atom is 0.300 e. The van der Waals surface area contributed by atoms with Gasteiger partial charge in [0.05, 0.1) is 16.3 Å².